The van der Waals surface area contributed by atoms with Crippen LogP contribution in [0, 0.1) is 6.92 Å². The molecule has 4 nitrogen and oxygen atoms in total. The van der Waals surface area contributed by atoms with Gasteiger partial charge < -0.3 is 10.6 Å². The summed E-state index contributed by atoms with van der Waals surface area (Å²) in [7, 11) is 0. The van der Waals surface area contributed by atoms with Gasteiger partial charge in [0.2, 0.25) is 5.91 Å². The number of hydrogen-bond donors (Lipinski definition) is 2. The molecule has 1 aliphatic carbocycles. The maximum absolute atomic E-state index is 11.7. The maximum atomic E-state index is 11.7. The van der Waals surface area contributed by atoms with Crippen molar-refractivity contribution in [3.05, 3.63) is 29.6 Å². The minimum atomic E-state index is 0.0465. The molecule has 1 aliphatic rings. The molecule has 18 heavy (non-hydrogen) atoms. The Bertz CT molecular complexity index is 400. The maximum Gasteiger partial charge on any atom is 0.234 e. The lowest BCUT2D eigenvalue weighted by atomic mass is 10.2. The molecule has 1 amide bonds. The van der Waals surface area contributed by atoms with Crippen molar-refractivity contribution < 1.29 is 4.79 Å². The van der Waals surface area contributed by atoms with Crippen molar-refractivity contribution in [3.63, 3.8) is 0 Å². The third-order valence-corrected chi connectivity index (χ3v) is 3.32. The van der Waals surface area contributed by atoms with Crippen molar-refractivity contribution in [2.75, 3.05) is 6.54 Å². The zero-order valence-electron chi connectivity index (χ0n) is 10.9. The van der Waals surface area contributed by atoms with Crippen LogP contribution in [0.2, 0.25) is 0 Å². The van der Waals surface area contributed by atoms with E-state index in [1.54, 1.807) is 0 Å². The van der Waals surface area contributed by atoms with Crippen LogP contribution in [0.15, 0.2) is 18.2 Å². The van der Waals surface area contributed by atoms with Gasteiger partial charge in [-0.2, -0.15) is 0 Å². The van der Waals surface area contributed by atoms with Gasteiger partial charge in [-0.15, -0.1) is 0 Å². The number of carbonyl (C=O) groups is 1. The van der Waals surface area contributed by atoms with E-state index in [4.69, 9.17) is 0 Å². The normalized spacial score (nSPS) is 15.8. The van der Waals surface area contributed by atoms with Gasteiger partial charge in [0.15, 0.2) is 0 Å². The van der Waals surface area contributed by atoms with E-state index in [-0.39, 0.29) is 5.91 Å². The fourth-order valence-corrected chi connectivity index (χ4v) is 2.32. The topological polar surface area (TPSA) is 54.0 Å². The number of nitrogens with one attached hydrogen (secondary N) is 2. The fourth-order valence-electron chi connectivity index (χ4n) is 2.32. The average Bonchev–Trinajstić information content (AvgIpc) is 2.87. The number of nitrogens with zero attached hydrogens (tertiary/aromatic N) is 1. The standard InChI is InChI=1S/C14H21N3O/c1-11-5-4-8-13(17-11)9-16-14(18)10-15-12-6-2-3-7-12/h4-5,8,12,15H,2-3,6-7,9-10H2,1H3,(H,16,18). The lowest BCUT2D eigenvalue weighted by molar-refractivity contribution is -0.120. The summed E-state index contributed by atoms with van der Waals surface area (Å²) in [5, 5.41) is 6.18. The van der Waals surface area contributed by atoms with Gasteiger partial charge in [0, 0.05) is 11.7 Å². The van der Waals surface area contributed by atoms with Crippen LogP contribution in [0.5, 0.6) is 0 Å². The van der Waals surface area contributed by atoms with E-state index in [9.17, 15) is 4.79 Å². The quantitative estimate of drug-likeness (QED) is 0.830. The molecule has 0 radical (unpaired) electrons. The second-order valence-electron chi connectivity index (χ2n) is 4.91. The summed E-state index contributed by atoms with van der Waals surface area (Å²) >= 11 is 0. The molecule has 1 fully saturated rings. The number of aryl methyl sites for hydroxylation is 1. The van der Waals surface area contributed by atoms with Crippen LogP contribution >= 0.6 is 0 Å². The summed E-state index contributed by atoms with van der Waals surface area (Å²) in [5.74, 6) is 0.0465. The lowest BCUT2D eigenvalue weighted by Gasteiger charge is -2.11. The highest BCUT2D eigenvalue weighted by Crippen LogP contribution is 2.17. The molecule has 0 spiro atoms. The van der Waals surface area contributed by atoms with Crippen LogP contribution in [-0.4, -0.2) is 23.5 Å². The Morgan fingerprint density at radius 1 is 1.39 bits per heavy atom. The molecule has 1 aromatic heterocycles. The van der Waals surface area contributed by atoms with Crippen LogP contribution in [0.1, 0.15) is 37.1 Å². The summed E-state index contributed by atoms with van der Waals surface area (Å²) in [5.41, 5.74) is 1.88. The first-order valence-corrected chi connectivity index (χ1v) is 6.66. The molecule has 98 valence electrons. The van der Waals surface area contributed by atoms with Crippen LogP contribution in [-0.2, 0) is 11.3 Å². The molecule has 0 bridgehead atoms. The second kappa shape index (κ2) is 6.50. The van der Waals surface area contributed by atoms with Crippen molar-refractivity contribution in [1.29, 1.82) is 0 Å². The van der Waals surface area contributed by atoms with E-state index in [1.807, 2.05) is 25.1 Å². The Hall–Kier alpha value is -1.42. The predicted octanol–water partition coefficient (Wildman–Crippen LogP) is 1.54. The van der Waals surface area contributed by atoms with Gasteiger partial charge in [0.25, 0.3) is 0 Å². The number of carbonyl (C=O) groups excluding carboxylic acids is 1. The summed E-state index contributed by atoms with van der Waals surface area (Å²) in [4.78, 5) is 16.0. The molecule has 0 unspecified atom stereocenters. The van der Waals surface area contributed by atoms with E-state index in [0.717, 1.165) is 11.4 Å². The summed E-state index contributed by atoms with van der Waals surface area (Å²) in [6, 6.07) is 6.37. The van der Waals surface area contributed by atoms with Gasteiger partial charge in [-0.3, -0.25) is 9.78 Å². The first-order chi connectivity index (χ1) is 8.74. The van der Waals surface area contributed by atoms with Gasteiger partial charge in [-0.1, -0.05) is 18.9 Å². The summed E-state index contributed by atoms with van der Waals surface area (Å²) in [6.07, 6.45) is 4.97. The second-order valence-corrected chi connectivity index (χ2v) is 4.91. The van der Waals surface area contributed by atoms with E-state index in [0.29, 0.717) is 19.1 Å². The largest absolute Gasteiger partial charge is 0.349 e. The lowest BCUT2D eigenvalue weighted by Crippen LogP contribution is -2.37. The van der Waals surface area contributed by atoms with E-state index in [1.165, 1.54) is 25.7 Å². The van der Waals surface area contributed by atoms with Crippen LogP contribution in [0.4, 0.5) is 0 Å². The zero-order chi connectivity index (χ0) is 12.8. The van der Waals surface area contributed by atoms with Crippen LogP contribution < -0.4 is 10.6 Å². The van der Waals surface area contributed by atoms with Crippen molar-refractivity contribution in [2.45, 2.75) is 45.2 Å². The first kappa shape index (κ1) is 13.0. The number of rotatable bonds is 5. The van der Waals surface area contributed by atoms with Crippen LogP contribution in [0.3, 0.4) is 0 Å². The van der Waals surface area contributed by atoms with E-state index < -0.39 is 0 Å². The molecule has 2 rings (SSSR count). The van der Waals surface area contributed by atoms with Crippen molar-refractivity contribution in [3.8, 4) is 0 Å². The molecule has 0 saturated heterocycles. The molecule has 1 heterocycles. The Kier molecular flexibility index (Phi) is 4.70. The Labute approximate surface area is 108 Å². The highest BCUT2D eigenvalue weighted by molar-refractivity contribution is 5.77. The van der Waals surface area contributed by atoms with Gasteiger partial charge in [0.1, 0.15) is 0 Å². The molecule has 1 saturated carbocycles. The number of amides is 1. The molecule has 2 N–H and O–H groups in total. The molecule has 1 aromatic rings. The molecule has 0 atom stereocenters. The van der Waals surface area contributed by atoms with E-state index >= 15 is 0 Å². The minimum Gasteiger partial charge on any atom is -0.349 e. The highest BCUT2D eigenvalue weighted by atomic mass is 16.1. The minimum absolute atomic E-state index is 0.0465. The van der Waals surface area contributed by atoms with Gasteiger partial charge in [-0.25, -0.2) is 0 Å². The Balaban J connectivity index is 1.68. The Morgan fingerprint density at radius 3 is 2.89 bits per heavy atom. The molecule has 4 heteroatoms. The monoisotopic (exact) mass is 247 g/mol. The van der Waals surface area contributed by atoms with Gasteiger partial charge >= 0.3 is 0 Å². The number of aromatic nitrogens is 1. The highest BCUT2D eigenvalue weighted by Gasteiger charge is 2.14. The predicted molar refractivity (Wildman–Crippen MR) is 71.1 cm³/mol. The summed E-state index contributed by atoms with van der Waals surface area (Å²) in [6.45, 7) is 2.87. The number of hydrogen-bond acceptors (Lipinski definition) is 3. The molecule has 0 aromatic carbocycles. The first-order valence-electron chi connectivity index (χ1n) is 6.66. The van der Waals surface area contributed by atoms with Gasteiger partial charge in [-0.05, 0) is 31.9 Å². The molecular weight excluding hydrogens is 226 g/mol. The third-order valence-electron chi connectivity index (χ3n) is 3.32. The molecular formula is C14H21N3O. The van der Waals surface area contributed by atoms with Gasteiger partial charge in [0.05, 0.1) is 18.8 Å². The van der Waals surface area contributed by atoms with Crippen molar-refractivity contribution in [1.82, 2.24) is 15.6 Å². The molecule has 0 aliphatic heterocycles. The fraction of sp³-hybridized carbons (Fsp3) is 0.571. The van der Waals surface area contributed by atoms with Crippen molar-refractivity contribution in [2.24, 2.45) is 0 Å². The third kappa shape index (κ3) is 4.11. The summed E-state index contributed by atoms with van der Waals surface area (Å²) < 4.78 is 0. The smallest absolute Gasteiger partial charge is 0.234 e. The van der Waals surface area contributed by atoms with Crippen LogP contribution in [0.25, 0.3) is 0 Å². The number of pyridine rings is 1. The Morgan fingerprint density at radius 2 is 2.17 bits per heavy atom. The van der Waals surface area contributed by atoms with Crippen molar-refractivity contribution >= 4 is 5.91 Å². The SMILES string of the molecule is Cc1cccc(CNC(=O)CNC2CCCC2)n1. The average molecular weight is 247 g/mol. The zero-order valence-corrected chi connectivity index (χ0v) is 10.9. The van der Waals surface area contributed by atoms with E-state index in [2.05, 4.69) is 15.6 Å².